The summed E-state index contributed by atoms with van der Waals surface area (Å²) >= 11 is 0. The van der Waals surface area contributed by atoms with Crippen molar-refractivity contribution in [3.8, 4) is 5.75 Å². The lowest BCUT2D eigenvalue weighted by Crippen LogP contribution is -2.16. The van der Waals surface area contributed by atoms with Crippen LogP contribution in [0.25, 0.3) is 0 Å². The first kappa shape index (κ1) is 15.7. The molecule has 0 radical (unpaired) electrons. The smallest absolute Gasteiger partial charge is 0.338 e. The van der Waals surface area contributed by atoms with Gasteiger partial charge < -0.3 is 9.47 Å². The summed E-state index contributed by atoms with van der Waals surface area (Å²) in [5, 5.41) is 4.99. The van der Waals surface area contributed by atoms with Crippen molar-refractivity contribution in [1.82, 2.24) is 0 Å². The van der Waals surface area contributed by atoms with Crippen LogP contribution >= 0.6 is 0 Å². The third-order valence-corrected chi connectivity index (χ3v) is 4.13. The molecule has 2 N–H and O–H groups in total. The first-order valence-electron chi connectivity index (χ1n) is 6.40. The van der Waals surface area contributed by atoms with Gasteiger partial charge in [0.1, 0.15) is 4.90 Å². The fourth-order valence-electron chi connectivity index (χ4n) is 1.90. The van der Waals surface area contributed by atoms with Crippen molar-refractivity contribution in [3.63, 3.8) is 0 Å². The van der Waals surface area contributed by atoms with E-state index < -0.39 is 32.5 Å². The summed E-state index contributed by atoms with van der Waals surface area (Å²) < 4.78 is 46.3. The molecule has 8 heteroatoms. The number of benzene rings is 1. The first-order chi connectivity index (χ1) is 9.82. The normalized spacial score (nSPS) is 14.8. The van der Waals surface area contributed by atoms with Crippen molar-refractivity contribution in [2.75, 3.05) is 13.7 Å². The van der Waals surface area contributed by atoms with Gasteiger partial charge in [-0.25, -0.2) is 22.7 Å². The van der Waals surface area contributed by atoms with E-state index in [-0.39, 0.29) is 12.2 Å². The van der Waals surface area contributed by atoms with Crippen molar-refractivity contribution in [2.24, 2.45) is 11.1 Å². The van der Waals surface area contributed by atoms with Gasteiger partial charge in [0.15, 0.2) is 11.6 Å². The Morgan fingerprint density at radius 3 is 2.62 bits per heavy atom. The molecular weight excluding hydrogens is 301 g/mol. The van der Waals surface area contributed by atoms with Crippen LogP contribution < -0.4 is 9.88 Å². The van der Waals surface area contributed by atoms with Crippen LogP contribution in [-0.4, -0.2) is 28.1 Å². The second-order valence-corrected chi connectivity index (χ2v) is 6.43. The van der Waals surface area contributed by atoms with Crippen LogP contribution in [0.15, 0.2) is 17.0 Å². The fraction of sp³-hybridized carbons (Fsp3) is 0.462. The lowest BCUT2D eigenvalue weighted by molar-refractivity contribution is 0.0494. The monoisotopic (exact) mass is 317 g/mol. The Morgan fingerprint density at radius 2 is 2.10 bits per heavy atom. The van der Waals surface area contributed by atoms with Crippen LogP contribution in [0.4, 0.5) is 4.39 Å². The molecule has 0 spiro atoms. The number of halogens is 1. The average molecular weight is 317 g/mol. The van der Waals surface area contributed by atoms with Crippen molar-refractivity contribution in [3.05, 3.63) is 23.5 Å². The highest BCUT2D eigenvalue weighted by Gasteiger charge is 2.24. The molecule has 0 unspecified atom stereocenters. The van der Waals surface area contributed by atoms with Gasteiger partial charge in [0.2, 0.25) is 10.0 Å². The Hall–Kier alpha value is -1.67. The van der Waals surface area contributed by atoms with Gasteiger partial charge in [-0.1, -0.05) is 12.8 Å². The van der Waals surface area contributed by atoms with E-state index in [9.17, 15) is 17.6 Å². The molecule has 1 aliphatic carbocycles. The second kappa shape index (κ2) is 5.98. The Kier molecular flexibility index (Phi) is 4.48. The lowest BCUT2D eigenvalue weighted by Gasteiger charge is -2.10. The number of ether oxygens (including phenoxy) is 2. The molecular formula is C13H16FNO5S. The summed E-state index contributed by atoms with van der Waals surface area (Å²) in [5.74, 6) is -1.71. The van der Waals surface area contributed by atoms with E-state index in [1.165, 1.54) is 0 Å². The minimum Gasteiger partial charge on any atom is -0.492 e. The van der Waals surface area contributed by atoms with Gasteiger partial charge >= 0.3 is 5.97 Å². The number of hydrogen-bond acceptors (Lipinski definition) is 5. The molecule has 0 saturated heterocycles. The van der Waals surface area contributed by atoms with Crippen LogP contribution in [0.5, 0.6) is 5.75 Å². The maximum absolute atomic E-state index is 13.8. The Bertz CT molecular complexity index is 655. The average Bonchev–Trinajstić information content (AvgIpc) is 3.20. The Morgan fingerprint density at radius 1 is 1.43 bits per heavy atom. The Labute approximate surface area is 122 Å². The quantitative estimate of drug-likeness (QED) is 0.801. The maximum atomic E-state index is 13.8. The van der Waals surface area contributed by atoms with Crippen LogP contribution in [0, 0.1) is 11.7 Å². The fourth-order valence-corrected chi connectivity index (χ4v) is 2.63. The molecule has 0 amide bonds. The highest BCUT2D eigenvalue weighted by Crippen LogP contribution is 2.32. The van der Waals surface area contributed by atoms with E-state index in [1.54, 1.807) is 0 Å². The number of sulfonamides is 1. The van der Waals surface area contributed by atoms with E-state index in [0.717, 1.165) is 38.5 Å². The van der Waals surface area contributed by atoms with Gasteiger partial charge in [0.05, 0.1) is 19.3 Å². The van der Waals surface area contributed by atoms with Crippen molar-refractivity contribution in [2.45, 2.75) is 24.2 Å². The molecule has 2 rings (SSSR count). The van der Waals surface area contributed by atoms with Crippen LogP contribution in [0.1, 0.15) is 29.6 Å². The summed E-state index contributed by atoms with van der Waals surface area (Å²) in [6.07, 6.45) is 3.01. The molecule has 0 atom stereocenters. The van der Waals surface area contributed by atoms with E-state index in [1.807, 2.05) is 0 Å². The van der Waals surface area contributed by atoms with E-state index >= 15 is 0 Å². The molecule has 0 aliphatic heterocycles. The van der Waals surface area contributed by atoms with E-state index in [4.69, 9.17) is 9.88 Å². The van der Waals surface area contributed by atoms with Crippen molar-refractivity contribution >= 4 is 16.0 Å². The molecule has 21 heavy (non-hydrogen) atoms. The topological polar surface area (TPSA) is 95.7 Å². The van der Waals surface area contributed by atoms with Crippen molar-refractivity contribution in [1.29, 1.82) is 0 Å². The molecule has 1 fully saturated rings. The number of rotatable bonds is 6. The van der Waals surface area contributed by atoms with Crippen LogP contribution in [0.2, 0.25) is 0 Å². The first-order valence-corrected chi connectivity index (χ1v) is 7.95. The number of methoxy groups -OCH3 is 1. The van der Waals surface area contributed by atoms with Gasteiger partial charge in [-0.05, 0) is 24.5 Å². The standard InChI is InChI=1S/C13H16FNO5S/c1-19-12-10(14)6-9(7-11(12)21(15,17)18)13(16)20-5-4-8-2-3-8/h6-8H,2-5H2,1H3,(H2,15,17,18). The number of primary sulfonamides is 1. The summed E-state index contributed by atoms with van der Waals surface area (Å²) in [6.45, 7) is 0.224. The molecule has 1 aliphatic rings. The molecule has 116 valence electrons. The van der Waals surface area contributed by atoms with Crippen molar-refractivity contribution < 1.29 is 27.1 Å². The number of hydrogen-bond donors (Lipinski definition) is 1. The highest BCUT2D eigenvalue weighted by molar-refractivity contribution is 7.89. The molecule has 1 saturated carbocycles. The van der Waals surface area contributed by atoms with Crippen LogP contribution in [0.3, 0.4) is 0 Å². The molecule has 0 heterocycles. The summed E-state index contributed by atoms with van der Waals surface area (Å²) in [5.41, 5.74) is -0.215. The predicted octanol–water partition coefficient (Wildman–Crippen LogP) is 1.44. The minimum absolute atomic E-state index is 0.215. The largest absolute Gasteiger partial charge is 0.492 e. The van der Waals surface area contributed by atoms with Gasteiger partial charge in [-0.2, -0.15) is 0 Å². The zero-order valence-corrected chi connectivity index (χ0v) is 12.3. The predicted molar refractivity (Wildman–Crippen MR) is 71.9 cm³/mol. The molecule has 1 aromatic rings. The van der Waals surface area contributed by atoms with Gasteiger partial charge in [0, 0.05) is 0 Å². The summed E-state index contributed by atoms with van der Waals surface area (Å²) in [6, 6.07) is 1.82. The van der Waals surface area contributed by atoms with Gasteiger partial charge in [-0.3, -0.25) is 0 Å². The number of nitrogens with two attached hydrogens (primary N) is 1. The lowest BCUT2D eigenvalue weighted by atomic mass is 10.2. The SMILES string of the molecule is COc1c(F)cc(C(=O)OCCC2CC2)cc1S(N)(=O)=O. The highest BCUT2D eigenvalue weighted by atomic mass is 32.2. The maximum Gasteiger partial charge on any atom is 0.338 e. The van der Waals surface area contributed by atoms with E-state index in [0.29, 0.717) is 5.92 Å². The summed E-state index contributed by atoms with van der Waals surface area (Å²) in [7, 11) is -3.11. The third kappa shape index (κ3) is 3.92. The number of carbonyl (C=O) groups is 1. The molecule has 6 nitrogen and oxygen atoms in total. The van der Waals surface area contributed by atoms with Gasteiger partial charge in [0.25, 0.3) is 0 Å². The molecule has 1 aromatic carbocycles. The summed E-state index contributed by atoms with van der Waals surface area (Å²) in [4.78, 5) is 11.2. The second-order valence-electron chi connectivity index (χ2n) is 4.90. The zero-order chi connectivity index (χ0) is 15.6. The van der Waals surface area contributed by atoms with E-state index in [2.05, 4.69) is 4.74 Å². The minimum atomic E-state index is -4.22. The number of esters is 1. The number of carbonyl (C=O) groups excluding carboxylic acids is 1. The van der Waals surface area contributed by atoms with Crippen LogP contribution in [-0.2, 0) is 14.8 Å². The zero-order valence-electron chi connectivity index (χ0n) is 11.5. The van der Waals surface area contributed by atoms with Gasteiger partial charge in [-0.15, -0.1) is 0 Å². The third-order valence-electron chi connectivity index (χ3n) is 3.21. The molecule has 0 bridgehead atoms. The Balaban J connectivity index is 2.22. The molecule has 0 aromatic heterocycles.